The molecule has 5 nitrogen and oxygen atoms in total. The highest BCUT2D eigenvalue weighted by Crippen LogP contribution is 2.16. The molecule has 6 heteroatoms. The SMILES string of the molecule is CCc1cnc(CCNC(=NC)N(C)CCOc2ccccc2C)s1. The maximum absolute atomic E-state index is 5.86. The molecule has 1 heterocycles. The topological polar surface area (TPSA) is 49.8 Å². The van der Waals surface area contributed by atoms with Gasteiger partial charge in [-0.05, 0) is 25.0 Å². The van der Waals surface area contributed by atoms with Crippen molar-refractivity contribution >= 4 is 17.3 Å². The van der Waals surface area contributed by atoms with E-state index in [2.05, 4.69) is 40.1 Å². The molecule has 0 aliphatic carbocycles. The second-order valence-electron chi connectivity index (χ2n) is 5.83. The predicted molar refractivity (Wildman–Crippen MR) is 106 cm³/mol. The molecule has 0 amide bonds. The van der Waals surface area contributed by atoms with Crippen LogP contribution in [-0.4, -0.2) is 49.6 Å². The fourth-order valence-electron chi connectivity index (χ4n) is 2.41. The molecular weight excluding hydrogens is 332 g/mol. The molecule has 136 valence electrons. The van der Waals surface area contributed by atoms with E-state index in [0.717, 1.165) is 43.2 Å². The third-order valence-electron chi connectivity index (χ3n) is 3.92. The lowest BCUT2D eigenvalue weighted by molar-refractivity contribution is 0.280. The summed E-state index contributed by atoms with van der Waals surface area (Å²) in [6.07, 6.45) is 3.94. The van der Waals surface area contributed by atoms with Crippen LogP contribution in [0.25, 0.3) is 0 Å². The number of thiazole rings is 1. The third kappa shape index (κ3) is 6.05. The summed E-state index contributed by atoms with van der Waals surface area (Å²) in [4.78, 5) is 12.2. The zero-order valence-electron chi connectivity index (χ0n) is 15.6. The average molecular weight is 361 g/mol. The molecule has 1 aromatic carbocycles. The molecule has 0 spiro atoms. The fraction of sp³-hybridized carbons (Fsp3) is 0.474. The van der Waals surface area contributed by atoms with Crippen molar-refractivity contribution < 1.29 is 4.74 Å². The molecule has 2 aromatic rings. The number of benzene rings is 1. The second kappa shape index (κ2) is 10.0. The number of guanidine groups is 1. The number of para-hydroxylation sites is 1. The van der Waals surface area contributed by atoms with Crippen LogP contribution < -0.4 is 10.1 Å². The number of hydrogen-bond acceptors (Lipinski definition) is 4. The van der Waals surface area contributed by atoms with Gasteiger partial charge >= 0.3 is 0 Å². The summed E-state index contributed by atoms with van der Waals surface area (Å²) in [5.41, 5.74) is 1.16. The summed E-state index contributed by atoms with van der Waals surface area (Å²) < 4.78 is 5.86. The quantitative estimate of drug-likeness (QED) is 0.580. The Hall–Kier alpha value is -2.08. The van der Waals surface area contributed by atoms with E-state index in [9.17, 15) is 0 Å². The molecular formula is C19H28N4OS. The number of ether oxygens (including phenoxy) is 1. The molecule has 0 fully saturated rings. The van der Waals surface area contributed by atoms with Gasteiger partial charge < -0.3 is 15.0 Å². The van der Waals surface area contributed by atoms with E-state index in [0.29, 0.717) is 6.61 Å². The smallest absolute Gasteiger partial charge is 0.193 e. The van der Waals surface area contributed by atoms with Crippen molar-refractivity contribution in [3.8, 4) is 5.75 Å². The Bertz CT molecular complexity index is 684. The van der Waals surface area contributed by atoms with Gasteiger partial charge in [0.15, 0.2) is 5.96 Å². The van der Waals surface area contributed by atoms with Gasteiger partial charge in [-0.15, -0.1) is 11.3 Å². The van der Waals surface area contributed by atoms with Crippen molar-refractivity contribution in [2.75, 3.05) is 33.8 Å². The highest BCUT2D eigenvalue weighted by molar-refractivity contribution is 7.11. The summed E-state index contributed by atoms with van der Waals surface area (Å²) >= 11 is 1.79. The van der Waals surface area contributed by atoms with Gasteiger partial charge in [0.2, 0.25) is 0 Å². The van der Waals surface area contributed by atoms with Crippen LogP contribution >= 0.6 is 11.3 Å². The molecule has 0 saturated heterocycles. The minimum Gasteiger partial charge on any atom is -0.491 e. The van der Waals surface area contributed by atoms with Crippen LogP contribution in [0.2, 0.25) is 0 Å². The predicted octanol–water partition coefficient (Wildman–Crippen LogP) is 3.14. The lowest BCUT2D eigenvalue weighted by atomic mass is 10.2. The molecule has 0 radical (unpaired) electrons. The molecule has 0 aliphatic rings. The summed E-state index contributed by atoms with van der Waals surface area (Å²) in [7, 11) is 3.83. The number of rotatable bonds is 8. The van der Waals surface area contributed by atoms with E-state index >= 15 is 0 Å². The van der Waals surface area contributed by atoms with Crippen molar-refractivity contribution in [1.82, 2.24) is 15.2 Å². The molecule has 0 unspecified atom stereocenters. The van der Waals surface area contributed by atoms with Crippen LogP contribution in [0.5, 0.6) is 5.75 Å². The number of aromatic nitrogens is 1. The van der Waals surface area contributed by atoms with Crippen LogP contribution in [0.15, 0.2) is 35.5 Å². The van der Waals surface area contributed by atoms with Crippen molar-refractivity contribution in [2.24, 2.45) is 4.99 Å². The van der Waals surface area contributed by atoms with Gasteiger partial charge in [0.25, 0.3) is 0 Å². The molecule has 1 N–H and O–H groups in total. The normalized spacial score (nSPS) is 11.4. The van der Waals surface area contributed by atoms with Crippen molar-refractivity contribution in [2.45, 2.75) is 26.7 Å². The standard InChI is InChI=1S/C19H28N4OS/c1-5-16-14-22-18(25-16)10-11-21-19(20-3)23(4)12-13-24-17-9-7-6-8-15(17)2/h6-9,14H,5,10-13H2,1-4H3,(H,20,21). The minimum atomic E-state index is 0.619. The molecule has 25 heavy (non-hydrogen) atoms. The van der Waals surface area contributed by atoms with Crippen LogP contribution in [-0.2, 0) is 12.8 Å². The highest BCUT2D eigenvalue weighted by atomic mass is 32.1. The van der Waals surface area contributed by atoms with Crippen LogP contribution in [0.4, 0.5) is 0 Å². The van der Waals surface area contributed by atoms with Gasteiger partial charge in [-0.1, -0.05) is 25.1 Å². The summed E-state index contributed by atoms with van der Waals surface area (Å²) in [5, 5.41) is 4.56. The number of aliphatic imine (C=N–C) groups is 1. The zero-order chi connectivity index (χ0) is 18.1. The minimum absolute atomic E-state index is 0.619. The average Bonchev–Trinajstić information content (AvgIpc) is 3.08. The monoisotopic (exact) mass is 360 g/mol. The maximum atomic E-state index is 5.86. The number of hydrogen-bond donors (Lipinski definition) is 1. The lowest BCUT2D eigenvalue weighted by Gasteiger charge is -2.22. The molecule has 0 bridgehead atoms. The van der Waals surface area contributed by atoms with Gasteiger partial charge in [-0.2, -0.15) is 0 Å². The first-order valence-corrected chi connectivity index (χ1v) is 9.49. The fourth-order valence-corrected chi connectivity index (χ4v) is 3.27. The number of aryl methyl sites for hydroxylation is 2. The Labute approximate surface area is 154 Å². The van der Waals surface area contributed by atoms with Crippen molar-refractivity contribution in [3.63, 3.8) is 0 Å². The first-order valence-electron chi connectivity index (χ1n) is 8.67. The van der Waals surface area contributed by atoms with E-state index < -0.39 is 0 Å². The summed E-state index contributed by atoms with van der Waals surface area (Å²) in [6.45, 7) is 6.43. The van der Waals surface area contributed by atoms with Gasteiger partial charge in [0, 0.05) is 38.1 Å². The highest BCUT2D eigenvalue weighted by Gasteiger charge is 2.07. The van der Waals surface area contributed by atoms with Gasteiger partial charge in [0.05, 0.1) is 11.6 Å². The Kier molecular flexibility index (Phi) is 7.73. The van der Waals surface area contributed by atoms with Crippen molar-refractivity contribution in [1.29, 1.82) is 0 Å². The molecule has 2 rings (SSSR count). The van der Waals surface area contributed by atoms with Crippen LogP contribution in [0.1, 0.15) is 22.4 Å². The van der Waals surface area contributed by atoms with Gasteiger partial charge in [-0.3, -0.25) is 4.99 Å². The number of nitrogens with zero attached hydrogens (tertiary/aromatic N) is 3. The number of nitrogens with one attached hydrogen (secondary N) is 1. The van der Waals surface area contributed by atoms with Gasteiger partial charge in [-0.25, -0.2) is 4.98 Å². The lowest BCUT2D eigenvalue weighted by Crippen LogP contribution is -2.41. The van der Waals surface area contributed by atoms with E-state index in [1.807, 2.05) is 31.4 Å². The first-order chi connectivity index (χ1) is 12.1. The largest absolute Gasteiger partial charge is 0.491 e. The van der Waals surface area contributed by atoms with Crippen LogP contribution in [0, 0.1) is 6.92 Å². The zero-order valence-corrected chi connectivity index (χ0v) is 16.4. The van der Waals surface area contributed by atoms with Crippen LogP contribution in [0.3, 0.4) is 0 Å². The van der Waals surface area contributed by atoms with E-state index in [1.165, 1.54) is 9.88 Å². The summed E-state index contributed by atoms with van der Waals surface area (Å²) in [6, 6.07) is 8.07. The Balaban J connectivity index is 1.73. The van der Waals surface area contributed by atoms with Gasteiger partial charge in [0.1, 0.15) is 12.4 Å². The first kappa shape index (κ1) is 19.2. The maximum Gasteiger partial charge on any atom is 0.193 e. The third-order valence-corrected chi connectivity index (χ3v) is 5.12. The Morgan fingerprint density at radius 3 is 2.84 bits per heavy atom. The summed E-state index contributed by atoms with van der Waals surface area (Å²) in [5.74, 6) is 1.81. The molecule has 0 saturated carbocycles. The Morgan fingerprint density at radius 2 is 2.16 bits per heavy atom. The second-order valence-corrected chi connectivity index (χ2v) is 7.03. The van der Waals surface area contributed by atoms with E-state index in [4.69, 9.17) is 4.74 Å². The molecule has 0 aliphatic heterocycles. The van der Waals surface area contributed by atoms with E-state index in [1.54, 1.807) is 18.4 Å². The Morgan fingerprint density at radius 1 is 1.36 bits per heavy atom. The van der Waals surface area contributed by atoms with Crippen molar-refractivity contribution in [3.05, 3.63) is 45.9 Å². The molecule has 0 atom stereocenters. The molecule has 1 aromatic heterocycles. The number of likely N-dealkylation sites (N-methyl/N-ethyl adjacent to an activating group) is 1. The van der Waals surface area contributed by atoms with E-state index in [-0.39, 0.29) is 0 Å².